The molecule has 3 nitrogen and oxygen atoms in total. The zero-order valence-electron chi connectivity index (χ0n) is 7.62. The Balaban J connectivity index is 2.75. The summed E-state index contributed by atoms with van der Waals surface area (Å²) in [6.07, 6.45) is 0. The van der Waals surface area contributed by atoms with Crippen molar-refractivity contribution in [3.05, 3.63) is 42.4 Å². The number of rotatable bonds is 3. The zero-order valence-corrected chi connectivity index (χ0v) is 7.62. The van der Waals surface area contributed by atoms with Crippen LogP contribution in [-0.2, 0) is 11.3 Å². The molecule has 1 aromatic carbocycles. The molecule has 70 valence electrons. The third-order valence-corrected chi connectivity index (χ3v) is 1.76. The van der Waals surface area contributed by atoms with Crippen molar-refractivity contribution in [3.63, 3.8) is 0 Å². The van der Waals surface area contributed by atoms with Gasteiger partial charge in [0.2, 0.25) is 0 Å². The molecule has 0 aliphatic heterocycles. The van der Waals surface area contributed by atoms with Gasteiger partial charge in [-0.05, 0) is 12.1 Å². The molecule has 0 heterocycles. The highest BCUT2D eigenvalue weighted by atomic mass is 16.5. The first-order chi connectivity index (χ1) is 6.27. The Morgan fingerprint density at radius 2 is 2.08 bits per heavy atom. The van der Waals surface area contributed by atoms with Gasteiger partial charge < -0.3 is 10.1 Å². The van der Waals surface area contributed by atoms with Crippen molar-refractivity contribution in [3.8, 4) is 0 Å². The van der Waals surface area contributed by atoms with Crippen LogP contribution in [0.15, 0.2) is 24.3 Å². The van der Waals surface area contributed by atoms with Crippen LogP contribution < -0.4 is 5.32 Å². The number of methoxy groups -OCH3 is 1. The van der Waals surface area contributed by atoms with Gasteiger partial charge in [0.25, 0.3) is 0 Å². The van der Waals surface area contributed by atoms with Gasteiger partial charge >= 0.3 is 5.97 Å². The second-order valence-corrected chi connectivity index (χ2v) is 2.68. The molecule has 0 amide bonds. The molecule has 0 saturated heterocycles. The molecule has 0 atom stereocenters. The molecule has 1 aromatic rings. The Morgan fingerprint density at radius 3 is 2.54 bits per heavy atom. The van der Waals surface area contributed by atoms with Crippen molar-refractivity contribution in [1.82, 2.24) is 0 Å². The van der Waals surface area contributed by atoms with Gasteiger partial charge in [-0.1, -0.05) is 12.1 Å². The van der Waals surface area contributed by atoms with Gasteiger partial charge in [-0.25, -0.2) is 4.79 Å². The predicted octanol–water partition coefficient (Wildman–Crippen LogP) is 0.328. The third kappa shape index (κ3) is 2.56. The van der Waals surface area contributed by atoms with E-state index in [9.17, 15) is 4.79 Å². The number of benzene rings is 1. The van der Waals surface area contributed by atoms with E-state index in [1.54, 1.807) is 12.1 Å². The quantitative estimate of drug-likeness (QED) is 0.536. The summed E-state index contributed by atoms with van der Waals surface area (Å²) >= 11 is 0. The van der Waals surface area contributed by atoms with Crippen molar-refractivity contribution in [1.29, 1.82) is 0 Å². The molecule has 0 bridgehead atoms. The van der Waals surface area contributed by atoms with Crippen LogP contribution in [0.5, 0.6) is 0 Å². The summed E-state index contributed by atoms with van der Waals surface area (Å²) in [5.74, 6) is -0.301. The molecule has 1 rings (SSSR count). The lowest BCUT2D eigenvalue weighted by molar-refractivity contribution is -0.612. The van der Waals surface area contributed by atoms with Crippen LogP contribution in [0.1, 0.15) is 15.9 Å². The monoisotopic (exact) mass is 179 g/mol. The van der Waals surface area contributed by atoms with Crippen LogP contribution in [0.25, 0.3) is 0 Å². The first-order valence-electron chi connectivity index (χ1n) is 4.06. The van der Waals surface area contributed by atoms with Gasteiger partial charge in [0.1, 0.15) is 0 Å². The van der Waals surface area contributed by atoms with Gasteiger partial charge in [-0.2, -0.15) is 7.05 Å². The Bertz CT molecular complexity index is 279. The fraction of sp³-hybridized carbons (Fsp3) is 0.200. The highest BCUT2D eigenvalue weighted by Gasteiger charge is 2.03. The molecule has 0 spiro atoms. The third-order valence-electron chi connectivity index (χ3n) is 1.76. The van der Waals surface area contributed by atoms with E-state index in [1.165, 1.54) is 7.11 Å². The topological polar surface area (TPSA) is 42.9 Å². The lowest BCUT2D eigenvalue weighted by atomic mass is 10.1. The Hall–Kier alpha value is -1.35. The number of carbonyl (C=O) groups is 1. The summed E-state index contributed by atoms with van der Waals surface area (Å²) in [6, 6.07) is 7.30. The number of hydrogen-bond acceptors (Lipinski definition) is 2. The summed E-state index contributed by atoms with van der Waals surface area (Å²) in [5.41, 5.74) is 1.72. The van der Waals surface area contributed by atoms with E-state index < -0.39 is 0 Å². The van der Waals surface area contributed by atoms with E-state index in [-0.39, 0.29) is 5.97 Å². The van der Waals surface area contributed by atoms with Crippen LogP contribution in [0.3, 0.4) is 0 Å². The Kier molecular flexibility index (Phi) is 3.46. The lowest BCUT2D eigenvalue weighted by Gasteiger charge is -2.02. The fourth-order valence-corrected chi connectivity index (χ4v) is 1.06. The van der Waals surface area contributed by atoms with Gasteiger partial charge in [-0.3, -0.25) is 0 Å². The molecule has 3 heteroatoms. The van der Waals surface area contributed by atoms with Gasteiger partial charge in [0.05, 0.1) is 19.2 Å². The minimum absolute atomic E-state index is 0.301. The van der Waals surface area contributed by atoms with Crippen LogP contribution in [0.2, 0.25) is 0 Å². The highest BCUT2D eigenvalue weighted by molar-refractivity contribution is 5.89. The molecule has 13 heavy (non-hydrogen) atoms. The minimum atomic E-state index is -0.301. The molecule has 0 fully saturated rings. The summed E-state index contributed by atoms with van der Waals surface area (Å²) in [5, 5.41) is 1.83. The van der Waals surface area contributed by atoms with Gasteiger partial charge in [0, 0.05) is 5.56 Å². The number of hydrogen-bond donors (Lipinski definition) is 1. The molecule has 0 aliphatic rings. The summed E-state index contributed by atoms with van der Waals surface area (Å²) in [7, 11) is 5.01. The SMILES string of the molecule is [CH2-][NH2+]Cc1ccc(C(=O)OC)cc1. The molecular weight excluding hydrogens is 166 g/mol. The van der Waals surface area contributed by atoms with Gasteiger partial charge in [-0.15, -0.1) is 0 Å². The predicted molar refractivity (Wildman–Crippen MR) is 48.8 cm³/mol. The van der Waals surface area contributed by atoms with E-state index in [0.717, 1.165) is 12.1 Å². The molecule has 0 aliphatic carbocycles. The van der Waals surface area contributed by atoms with Crippen LogP contribution >= 0.6 is 0 Å². The average molecular weight is 179 g/mol. The molecule has 0 radical (unpaired) electrons. The van der Waals surface area contributed by atoms with Crippen molar-refractivity contribution >= 4 is 5.97 Å². The minimum Gasteiger partial charge on any atom is -0.475 e. The van der Waals surface area contributed by atoms with Crippen LogP contribution in [-0.4, -0.2) is 13.1 Å². The first kappa shape index (κ1) is 9.74. The van der Waals surface area contributed by atoms with E-state index in [1.807, 2.05) is 17.4 Å². The number of esters is 1. The van der Waals surface area contributed by atoms with E-state index in [0.29, 0.717) is 5.56 Å². The Morgan fingerprint density at radius 1 is 1.46 bits per heavy atom. The van der Waals surface area contributed by atoms with E-state index in [4.69, 9.17) is 0 Å². The summed E-state index contributed by atoms with van der Waals surface area (Å²) in [6.45, 7) is 0.821. The number of ether oxygens (including phenoxy) is 1. The van der Waals surface area contributed by atoms with Crippen LogP contribution in [0, 0.1) is 7.05 Å². The largest absolute Gasteiger partial charge is 0.475 e. The van der Waals surface area contributed by atoms with Crippen molar-refractivity contribution in [2.45, 2.75) is 6.54 Å². The molecule has 2 N–H and O–H groups in total. The fourth-order valence-electron chi connectivity index (χ4n) is 1.06. The maximum absolute atomic E-state index is 11.0. The highest BCUT2D eigenvalue weighted by Crippen LogP contribution is 2.04. The van der Waals surface area contributed by atoms with Crippen molar-refractivity contribution in [2.24, 2.45) is 0 Å². The first-order valence-corrected chi connectivity index (χ1v) is 4.06. The van der Waals surface area contributed by atoms with Gasteiger partial charge in [0.15, 0.2) is 0 Å². The summed E-state index contributed by atoms with van der Waals surface area (Å²) in [4.78, 5) is 11.0. The normalized spacial score (nSPS) is 9.69. The average Bonchev–Trinajstić information content (AvgIpc) is 2.18. The number of carbonyl (C=O) groups excluding carboxylic acids is 1. The maximum Gasteiger partial charge on any atom is 0.337 e. The van der Waals surface area contributed by atoms with Crippen molar-refractivity contribution in [2.75, 3.05) is 7.11 Å². The molecular formula is C10H13NO2. The molecule has 0 saturated carbocycles. The second-order valence-electron chi connectivity index (χ2n) is 2.68. The van der Waals surface area contributed by atoms with E-state index >= 15 is 0 Å². The smallest absolute Gasteiger partial charge is 0.337 e. The maximum atomic E-state index is 11.0. The van der Waals surface area contributed by atoms with Crippen molar-refractivity contribution < 1.29 is 14.8 Å². The standard InChI is InChI=1S/C10H13NO2/c1-11-7-8-3-5-9(6-4-8)10(12)13-2/h3-6H,1,7,11H2,2H3. The number of quaternary nitrogens is 1. The van der Waals surface area contributed by atoms with E-state index in [2.05, 4.69) is 11.8 Å². The zero-order chi connectivity index (χ0) is 9.68. The molecule has 0 unspecified atom stereocenters. The second kappa shape index (κ2) is 4.62. The summed E-state index contributed by atoms with van der Waals surface area (Å²) < 4.78 is 4.58. The Labute approximate surface area is 77.7 Å². The molecule has 0 aromatic heterocycles. The number of nitrogens with two attached hydrogens (primary N) is 1. The lowest BCUT2D eigenvalue weighted by Crippen LogP contribution is -2.74. The van der Waals surface area contributed by atoms with Crippen LogP contribution in [0.4, 0.5) is 0 Å².